The standard InChI is InChI=1S/C17H19N3O3S.ClH/c1-17(8-18)4-5-20(9-17)16(21)14-7-19-15(24-14)11-2-3-12-13(6-11)23-10-22-12;/h2-3,6-7H,4-5,8-10,18H2,1H3;1H. The summed E-state index contributed by atoms with van der Waals surface area (Å²) < 4.78 is 10.7. The summed E-state index contributed by atoms with van der Waals surface area (Å²) in [5.74, 6) is 1.50. The number of aromatic nitrogens is 1. The lowest BCUT2D eigenvalue weighted by atomic mass is 9.90. The zero-order chi connectivity index (χ0) is 16.7. The third kappa shape index (κ3) is 3.31. The molecule has 1 atom stereocenters. The van der Waals surface area contributed by atoms with Crippen LogP contribution in [0.15, 0.2) is 24.4 Å². The highest BCUT2D eigenvalue weighted by atomic mass is 35.5. The van der Waals surface area contributed by atoms with Gasteiger partial charge in [-0.2, -0.15) is 0 Å². The van der Waals surface area contributed by atoms with Crippen molar-refractivity contribution in [1.29, 1.82) is 0 Å². The number of benzene rings is 1. The third-order valence-electron chi connectivity index (χ3n) is 4.67. The fourth-order valence-corrected chi connectivity index (χ4v) is 3.94. The van der Waals surface area contributed by atoms with Gasteiger partial charge in [0, 0.05) is 18.7 Å². The Morgan fingerprint density at radius 3 is 2.96 bits per heavy atom. The first-order valence-corrected chi connectivity index (χ1v) is 8.75. The Bertz CT molecular complexity index is 797. The summed E-state index contributed by atoms with van der Waals surface area (Å²) in [6.45, 7) is 4.44. The van der Waals surface area contributed by atoms with Gasteiger partial charge in [-0.3, -0.25) is 4.79 Å². The monoisotopic (exact) mass is 381 g/mol. The minimum atomic E-state index is 0. The van der Waals surface area contributed by atoms with E-state index < -0.39 is 0 Å². The van der Waals surface area contributed by atoms with Crippen molar-refractivity contribution < 1.29 is 14.3 Å². The van der Waals surface area contributed by atoms with Gasteiger partial charge in [0.05, 0.1) is 6.20 Å². The van der Waals surface area contributed by atoms with Crippen LogP contribution in [0.4, 0.5) is 0 Å². The van der Waals surface area contributed by atoms with Crippen LogP contribution in [0.1, 0.15) is 23.0 Å². The summed E-state index contributed by atoms with van der Waals surface area (Å²) in [6, 6.07) is 5.70. The number of carbonyl (C=O) groups excluding carboxylic acids is 1. The summed E-state index contributed by atoms with van der Waals surface area (Å²) in [5, 5.41) is 0.803. The number of ether oxygens (including phenoxy) is 2. The van der Waals surface area contributed by atoms with Gasteiger partial charge in [0.15, 0.2) is 11.5 Å². The minimum Gasteiger partial charge on any atom is -0.454 e. The number of thiazole rings is 1. The van der Waals surface area contributed by atoms with Gasteiger partial charge in [-0.25, -0.2) is 4.98 Å². The molecule has 25 heavy (non-hydrogen) atoms. The van der Waals surface area contributed by atoms with Gasteiger partial charge in [-0.1, -0.05) is 6.92 Å². The number of fused-ring (bicyclic) bond motifs is 1. The first kappa shape index (κ1) is 18.0. The van der Waals surface area contributed by atoms with Crippen LogP contribution >= 0.6 is 23.7 Å². The third-order valence-corrected chi connectivity index (χ3v) is 5.71. The molecule has 3 heterocycles. The summed E-state index contributed by atoms with van der Waals surface area (Å²) in [6.07, 6.45) is 2.61. The molecule has 4 rings (SSSR count). The number of rotatable bonds is 3. The number of nitrogens with two attached hydrogens (primary N) is 1. The van der Waals surface area contributed by atoms with E-state index in [2.05, 4.69) is 11.9 Å². The Morgan fingerprint density at radius 1 is 1.40 bits per heavy atom. The van der Waals surface area contributed by atoms with E-state index in [1.165, 1.54) is 11.3 Å². The lowest BCUT2D eigenvalue weighted by molar-refractivity contribution is 0.0781. The van der Waals surface area contributed by atoms with Gasteiger partial charge in [0.25, 0.3) is 5.91 Å². The zero-order valence-electron chi connectivity index (χ0n) is 13.9. The number of halogens is 1. The zero-order valence-corrected chi connectivity index (χ0v) is 15.5. The molecule has 2 N–H and O–H groups in total. The van der Waals surface area contributed by atoms with E-state index in [4.69, 9.17) is 15.2 Å². The highest BCUT2D eigenvalue weighted by Crippen LogP contribution is 2.37. The number of hydrogen-bond donors (Lipinski definition) is 1. The van der Waals surface area contributed by atoms with Crippen molar-refractivity contribution >= 4 is 29.7 Å². The van der Waals surface area contributed by atoms with Gasteiger partial charge >= 0.3 is 0 Å². The van der Waals surface area contributed by atoms with Crippen LogP contribution in [0.2, 0.25) is 0 Å². The first-order valence-electron chi connectivity index (χ1n) is 7.93. The van der Waals surface area contributed by atoms with E-state index in [1.54, 1.807) is 6.20 Å². The molecule has 0 saturated carbocycles. The van der Waals surface area contributed by atoms with Gasteiger partial charge < -0.3 is 20.1 Å². The number of carbonyl (C=O) groups is 1. The van der Waals surface area contributed by atoms with Crippen molar-refractivity contribution in [3.63, 3.8) is 0 Å². The maximum absolute atomic E-state index is 12.7. The molecule has 134 valence electrons. The lowest BCUT2D eigenvalue weighted by Gasteiger charge is -2.22. The Kier molecular flexibility index (Phi) is 4.90. The molecule has 2 aliphatic rings. The van der Waals surface area contributed by atoms with Crippen LogP contribution in [-0.4, -0.2) is 42.2 Å². The fourth-order valence-electron chi connectivity index (χ4n) is 3.06. The van der Waals surface area contributed by atoms with E-state index in [0.29, 0.717) is 23.7 Å². The Morgan fingerprint density at radius 2 is 2.20 bits per heavy atom. The van der Waals surface area contributed by atoms with Crippen LogP contribution in [-0.2, 0) is 0 Å². The van der Waals surface area contributed by atoms with Crippen LogP contribution in [0, 0.1) is 5.41 Å². The molecule has 0 aliphatic carbocycles. The van der Waals surface area contributed by atoms with Gasteiger partial charge in [-0.05, 0) is 36.6 Å². The minimum absolute atomic E-state index is 0. The summed E-state index contributed by atoms with van der Waals surface area (Å²) in [4.78, 5) is 19.6. The van der Waals surface area contributed by atoms with Crippen molar-refractivity contribution in [1.82, 2.24) is 9.88 Å². The number of nitrogens with zero attached hydrogens (tertiary/aromatic N) is 2. The number of likely N-dealkylation sites (tertiary alicyclic amines) is 1. The molecule has 0 radical (unpaired) electrons. The van der Waals surface area contributed by atoms with Gasteiger partial charge in [0.2, 0.25) is 6.79 Å². The molecule has 2 aliphatic heterocycles. The Labute approximate surface area is 156 Å². The van der Waals surface area contributed by atoms with Crippen molar-refractivity contribution in [2.75, 3.05) is 26.4 Å². The average Bonchev–Trinajstić information content (AvgIpc) is 3.33. The van der Waals surface area contributed by atoms with E-state index in [9.17, 15) is 4.79 Å². The predicted octanol–water partition coefficient (Wildman–Crippen LogP) is 2.77. The van der Waals surface area contributed by atoms with Crippen LogP contribution < -0.4 is 15.2 Å². The van der Waals surface area contributed by atoms with Gasteiger partial charge in [-0.15, -0.1) is 23.7 Å². The largest absolute Gasteiger partial charge is 0.454 e. The second kappa shape index (κ2) is 6.82. The average molecular weight is 382 g/mol. The van der Waals surface area contributed by atoms with Crippen molar-refractivity contribution in [3.8, 4) is 22.1 Å². The molecule has 8 heteroatoms. The SMILES string of the molecule is CC1(CN)CCN(C(=O)c2cnc(-c3ccc4c(c3)OCO4)s2)C1.Cl. The first-order chi connectivity index (χ1) is 11.6. The predicted molar refractivity (Wildman–Crippen MR) is 98.6 cm³/mol. The molecule has 6 nitrogen and oxygen atoms in total. The van der Waals surface area contributed by atoms with Crippen molar-refractivity contribution in [3.05, 3.63) is 29.3 Å². The maximum atomic E-state index is 12.7. The quantitative estimate of drug-likeness (QED) is 0.884. The Balaban J connectivity index is 0.00000182. The normalized spacial score (nSPS) is 21.3. The fraction of sp³-hybridized carbons (Fsp3) is 0.412. The molecule has 1 aromatic carbocycles. The van der Waals surface area contributed by atoms with E-state index in [0.717, 1.165) is 29.3 Å². The van der Waals surface area contributed by atoms with Crippen LogP contribution in [0.5, 0.6) is 11.5 Å². The molecule has 1 amide bonds. The molecule has 0 spiro atoms. The summed E-state index contributed by atoms with van der Waals surface area (Å²) in [7, 11) is 0. The molecule has 1 unspecified atom stereocenters. The second-order valence-electron chi connectivity index (χ2n) is 6.59. The lowest BCUT2D eigenvalue weighted by Crippen LogP contribution is -2.34. The molecular weight excluding hydrogens is 362 g/mol. The maximum Gasteiger partial charge on any atom is 0.265 e. The smallest absolute Gasteiger partial charge is 0.265 e. The molecule has 1 saturated heterocycles. The highest BCUT2D eigenvalue weighted by molar-refractivity contribution is 7.16. The topological polar surface area (TPSA) is 77.7 Å². The van der Waals surface area contributed by atoms with Crippen molar-refractivity contribution in [2.45, 2.75) is 13.3 Å². The van der Waals surface area contributed by atoms with E-state index >= 15 is 0 Å². The Hall–Kier alpha value is -1.83. The number of hydrogen-bond acceptors (Lipinski definition) is 6. The summed E-state index contributed by atoms with van der Waals surface area (Å²) in [5.41, 5.74) is 6.78. The molecule has 0 bridgehead atoms. The molecule has 2 aromatic rings. The van der Waals surface area contributed by atoms with Crippen LogP contribution in [0.3, 0.4) is 0 Å². The van der Waals surface area contributed by atoms with Gasteiger partial charge in [0.1, 0.15) is 9.88 Å². The van der Waals surface area contributed by atoms with Crippen LogP contribution in [0.25, 0.3) is 10.6 Å². The molecular formula is C17H20ClN3O3S. The van der Waals surface area contributed by atoms with E-state index in [1.807, 2.05) is 23.1 Å². The van der Waals surface area contributed by atoms with Crippen molar-refractivity contribution in [2.24, 2.45) is 11.1 Å². The number of amides is 1. The highest BCUT2D eigenvalue weighted by Gasteiger charge is 2.35. The molecule has 1 fully saturated rings. The molecule has 1 aromatic heterocycles. The van der Waals surface area contributed by atoms with E-state index in [-0.39, 0.29) is 30.5 Å². The summed E-state index contributed by atoms with van der Waals surface area (Å²) >= 11 is 1.40. The second-order valence-corrected chi connectivity index (χ2v) is 7.62.